The average Bonchev–Trinajstić information content (AvgIpc) is 3.26. The molecule has 134 valence electrons. The van der Waals surface area contributed by atoms with Crippen LogP contribution in [-0.2, 0) is 19.4 Å². The van der Waals surface area contributed by atoms with Gasteiger partial charge < -0.3 is 9.88 Å². The molecule has 1 saturated carbocycles. The van der Waals surface area contributed by atoms with E-state index in [2.05, 4.69) is 21.6 Å². The molecular formula is C18H24N4OS2. The molecule has 2 aliphatic rings. The Labute approximate surface area is 156 Å². The van der Waals surface area contributed by atoms with Crippen LogP contribution in [0, 0.1) is 4.77 Å². The molecule has 0 radical (unpaired) electrons. The van der Waals surface area contributed by atoms with E-state index in [9.17, 15) is 4.79 Å². The molecule has 7 heteroatoms. The summed E-state index contributed by atoms with van der Waals surface area (Å²) in [6.07, 6.45) is 9.74. The van der Waals surface area contributed by atoms with Crippen molar-refractivity contribution in [1.29, 1.82) is 0 Å². The van der Waals surface area contributed by atoms with Crippen molar-refractivity contribution in [1.82, 2.24) is 20.1 Å². The van der Waals surface area contributed by atoms with Crippen LogP contribution in [0.15, 0.2) is 6.07 Å². The maximum Gasteiger partial charge on any atom is 0.261 e. The quantitative estimate of drug-likeness (QED) is 0.776. The lowest BCUT2D eigenvalue weighted by Gasteiger charge is -2.07. The van der Waals surface area contributed by atoms with E-state index in [1.165, 1.54) is 49.0 Å². The Kier molecular flexibility index (Phi) is 5.03. The number of aromatic nitrogens is 3. The van der Waals surface area contributed by atoms with Crippen LogP contribution < -0.4 is 5.32 Å². The molecule has 4 rings (SSSR count). The zero-order valence-electron chi connectivity index (χ0n) is 14.3. The van der Waals surface area contributed by atoms with Crippen molar-refractivity contribution in [3.8, 4) is 0 Å². The Morgan fingerprint density at radius 2 is 2.12 bits per heavy atom. The fourth-order valence-electron chi connectivity index (χ4n) is 3.52. The number of rotatable bonds is 5. The minimum absolute atomic E-state index is 0.0414. The minimum atomic E-state index is 0.0414. The second-order valence-corrected chi connectivity index (χ2v) is 8.57. The maximum atomic E-state index is 12.5. The number of fused-ring (bicyclic) bond motifs is 1. The molecule has 0 atom stereocenters. The van der Waals surface area contributed by atoms with Gasteiger partial charge in [-0.25, -0.2) is 0 Å². The van der Waals surface area contributed by atoms with Crippen LogP contribution in [0.5, 0.6) is 0 Å². The molecule has 0 aromatic carbocycles. The molecule has 25 heavy (non-hydrogen) atoms. The summed E-state index contributed by atoms with van der Waals surface area (Å²) in [7, 11) is 0. The van der Waals surface area contributed by atoms with Crippen LogP contribution in [0.2, 0.25) is 0 Å². The molecular weight excluding hydrogens is 352 g/mol. The predicted molar refractivity (Wildman–Crippen MR) is 102 cm³/mol. The molecule has 5 nitrogen and oxygen atoms in total. The van der Waals surface area contributed by atoms with Gasteiger partial charge in [0.1, 0.15) is 5.82 Å². The lowest BCUT2D eigenvalue weighted by Crippen LogP contribution is -2.27. The topological polar surface area (TPSA) is 62.7 Å². The summed E-state index contributed by atoms with van der Waals surface area (Å²) in [6, 6.07) is 2.11. The normalized spacial score (nSPS) is 17.6. The molecule has 0 unspecified atom stereocenters. The summed E-state index contributed by atoms with van der Waals surface area (Å²) >= 11 is 6.99. The van der Waals surface area contributed by atoms with Gasteiger partial charge in [0.05, 0.1) is 4.88 Å². The summed E-state index contributed by atoms with van der Waals surface area (Å²) in [6.45, 7) is 1.26. The molecule has 1 fully saturated rings. The first-order valence-corrected chi connectivity index (χ1v) is 10.5. The van der Waals surface area contributed by atoms with E-state index in [1.807, 2.05) is 4.57 Å². The van der Waals surface area contributed by atoms with Crippen LogP contribution in [0.3, 0.4) is 0 Å². The van der Waals surface area contributed by atoms with Gasteiger partial charge in [0.25, 0.3) is 5.91 Å². The molecule has 1 amide bonds. The van der Waals surface area contributed by atoms with Crippen molar-refractivity contribution in [2.24, 2.45) is 0 Å². The number of amides is 1. The molecule has 2 N–H and O–H groups in total. The lowest BCUT2D eigenvalue weighted by atomic mass is 10.00. The standard InChI is InChI=1S/C18H24N4OS2/c23-17(15-11-13-5-3-1-2-4-6-14(13)25-15)19-9-10-22-16(12-7-8-12)20-21-18(22)24/h11-12H,1-10H2,(H,19,23)(H,21,24). The van der Waals surface area contributed by atoms with E-state index in [-0.39, 0.29) is 5.91 Å². The van der Waals surface area contributed by atoms with Crippen molar-refractivity contribution in [2.75, 3.05) is 6.54 Å². The van der Waals surface area contributed by atoms with Gasteiger partial charge in [-0.2, -0.15) is 5.10 Å². The van der Waals surface area contributed by atoms with Gasteiger partial charge in [0.15, 0.2) is 4.77 Å². The highest BCUT2D eigenvalue weighted by molar-refractivity contribution is 7.71. The molecule has 2 heterocycles. The third kappa shape index (κ3) is 3.87. The Morgan fingerprint density at radius 3 is 2.92 bits per heavy atom. The molecule has 2 aliphatic carbocycles. The van der Waals surface area contributed by atoms with E-state index in [0.717, 1.165) is 23.5 Å². The van der Waals surface area contributed by atoms with Crippen LogP contribution >= 0.6 is 23.6 Å². The maximum absolute atomic E-state index is 12.5. The zero-order valence-corrected chi connectivity index (χ0v) is 16.0. The summed E-state index contributed by atoms with van der Waals surface area (Å²) < 4.78 is 2.68. The van der Waals surface area contributed by atoms with Gasteiger partial charge in [0, 0.05) is 23.9 Å². The Balaban J connectivity index is 1.37. The van der Waals surface area contributed by atoms with Gasteiger partial charge in [-0.15, -0.1) is 11.3 Å². The van der Waals surface area contributed by atoms with Gasteiger partial charge in [-0.3, -0.25) is 9.89 Å². The number of hydrogen-bond donors (Lipinski definition) is 2. The van der Waals surface area contributed by atoms with Crippen LogP contribution in [0.25, 0.3) is 0 Å². The fourth-order valence-corrected chi connectivity index (χ4v) is 4.92. The number of carbonyl (C=O) groups excluding carboxylic acids is 1. The molecule has 0 aliphatic heterocycles. The second kappa shape index (κ2) is 7.41. The SMILES string of the molecule is O=C(NCCn1c(C2CC2)n[nH]c1=S)c1cc2c(s1)CCCCCC2. The number of carbonyl (C=O) groups is 1. The van der Waals surface area contributed by atoms with Crippen molar-refractivity contribution >= 4 is 29.5 Å². The molecule has 0 bridgehead atoms. The summed E-state index contributed by atoms with van der Waals surface area (Å²) in [5, 5.41) is 10.3. The zero-order chi connectivity index (χ0) is 17.2. The van der Waals surface area contributed by atoms with E-state index in [0.29, 0.717) is 23.8 Å². The Morgan fingerprint density at radius 1 is 1.32 bits per heavy atom. The smallest absolute Gasteiger partial charge is 0.261 e. The average molecular weight is 377 g/mol. The van der Waals surface area contributed by atoms with Crippen LogP contribution in [-0.4, -0.2) is 27.2 Å². The summed E-state index contributed by atoms with van der Waals surface area (Å²) in [4.78, 5) is 14.8. The number of nitrogens with one attached hydrogen (secondary N) is 2. The number of thiophene rings is 1. The molecule has 2 aromatic heterocycles. The first-order chi connectivity index (χ1) is 12.2. The van der Waals surface area contributed by atoms with E-state index in [4.69, 9.17) is 12.2 Å². The first-order valence-electron chi connectivity index (χ1n) is 9.27. The van der Waals surface area contributed by atoms with Crippen molar-refractivity contribution < 1.29 is 4.79 Å². The minimum Gasteiger partial charge on any atom is -0.350 e. The monoisotopic (exact) mass is 376 g/mol. The van der Waals surface area contributed by atoms with Crippen molar-refractivity contribution in [2.45, 2.75) is 63.8 Å². The highest BCUT2D eigenvalue weighted by Gasteiger charge is 2.28. The number of nitrogens with zero attached hydrogens (tertiary/aromatic N) is 2. The third-order valence-corrected chi connectivity index (χ3v) is 6.62. The highest BCUT2D eigenvalue weighted by Crippen LogP contribution is 2.38. The number of aryl methyl sites for hydroxylation is 2. The highest BCUT2D eigenvalue weighted by atomic mass is 32.1. The van der Waals surface area contributed by atoms with Crippen LogP contribution in [0.4, 0.5) is 0 Å². The van der Waals surface area contributed by atoms with Gasteiger partial charge >= 0.3 is 0 Å². The molecule has 0 spiro atoms. The van der Waals surface area contributed by atoms with Gasteiger partial charge in [-0.1, -0.05) is 12.8 Å². The predicted octanol–water partition coefficient (Wildman–Crippen LogP) is 3.97. The van der Waals surface area contributed by atoms with E-state index < -0.39 is 0 Å². The molecule has 0 saturated heterocycles. The fraction of sp³-hybridized carbons (Fsp3) is 0.611. The largest absolute Gasteiger partial charge is 0.350 e. The van der Waals surface area contributed by atoms with Crippen LogP contribution in [0.1, 0.15) is 70.4 Å². The number of hydrogen-bond acceptors (Lipinski definition) is 4. The first kappa shape index (κ1) is 17.0. The Bertz CT molecular complexity index is 790. The summed E-state index contributed by atoms with van der Waals surface area (Å²) in [5.74, 6) is 1.62. The number of H-pyrrole nitrogens is 1. The molecule has 2 aromatic rings. The second-order valence-electron chi connectivity index (χ2n) is 7.04. The van der Waals surface area contributed by atoms with Gasteiger partial charge in [0.2, 0.25) is 0 Å². The van der Waals surface area contributed by atoms with Gasteiger partial charge in [-0.05, 0) is 62.4 Å². The number of aromatic amines is 1. The lowest BCUT2D eigenvalue weighted by molar-refractivity contribution is 0.0956. The third-order valence-electron chi connectivity index (χ3n) is 5.07. The van der Waals surface area contributed by atoms with Crippen molar-refractivity contribution in [3.63, 3.8) is 0 Å². The Hall–Kier alpha value is -1.47. The summed E-state index contributed by atoms with van der Waals surface area (Å²) in [5.41, 5.74) is 1.39. The van der Waals surface area contributed by atoms with E-state index in [1.54, 1.807) is 11.3 Å². The van der Waals surface area contributed by atoms with Crippen molar-refractivity contribution in [3.05, 3.63) is 32.0 Å². The van der Waals surface area contributed by atoms with E-state index >= 15 is 0 Å².